The number of nitrogen functional groups attached to an aromatic ring is 1. The summed E-state index contributed by atoms with van der Waals surface area (Å²) in [5.74, 6) is 0.829. The molecular formula is C14H22N6. The van der Waals surface area contributed by atoms with Crippen LogP contribution in [0.5, 0.6) is 0 Å². The summed E-state index contributed by atoms with van der Waals surface area (Å²) in [6, 6.07) is 2.39. The van der Waals surface area contributed by atoms with Crippen LogP contribution in [0.15, 0.2) is 12.3 Å². The summed E-state index contributed by atoms with van der Waals surface area (Å²) in [6.45, 7) is 4.39. The molecule has 3 heterocycles. The Morgan fingerprint density at radius 1 is 1.25 bits per heavy atom. The van der Waals surface area contributed by atoms with Crippen LogP contribution in [0.1, 0.15) is 31.2 Å². The van der Waals surface area contributed by atoms with Gasteiger partial charge in [0.05, 0.1) is 11.8 Å². The Morgan fingerprint density at radius 3 is 2.80 bits per heavy atom. The molecular weight excluding hydrogens is 252 g/mol. The average molecular weight is 274 g/mol. The molecule has 1 unspecified atom stereocenters. The van der Waals surface area contributed by atoms with Gasteiger partial charge in [-0.15, -0.1) is 5.10 Å². The summed E-state index contributed by atoms with van der Waals surface area (Å²) in [4.78, 5) is 4.83. The lowest BCUT2D eigenvalue weighted by Crippen LogP contribution is -2.41. The van der Waals surface area contributed by atoms with Crippen molar-refractivity contribution in [2.45, 2.75) is 31.7 Å². The summed E-state index contributed by atoms with van der Waals surface area (Å²) in [5, 5.41) is 15.8. The Balaban J connectivity index is 1.72. The van der Waals surface area contributed by atoms with Crippen molar-refractivity contribution in [3.05, 3.63) is 17.8 Å². The molecule has 1 aromatic heterocycles. The number of likely N-dealkylation sites (tertiary alicyclic amines) is 1. The zero-order chi connectivity index (χ0) is 13.9. The second kappa shape index (κ2) is 5.75. The Kier molecular flexibility index (Phi) is 3.82. The quantitative estimate of drug-likeness (QED) is 0.630. The van der Waals surface area contributed by atoms with Gasteiger partial charge in [0, 0.05) is 19.1 Å². The monoisotopic (exact) mass is 274 g/mol. The molecule has 0 saturated carbocycles. The zero-order valence-electron chi connectivity index (χ0n) is 11.8. The van der Waals surface area contributed by atoms with Crippen molar-refractivity contribution in [2.75, 3.05) is 31.1 Å². The van der Waals surface area contributed by atoms with E-state index in [-0.39, 0.29) is 5.84 Å². The van der Waals surface area contributed by atoms with Crippen LogP contribution < -0.4 is 10.6 Å². The minimum atomic E-state index is 0.0660. The van der Waals surface area contributed by atoms with Crippen LogP contribution in [0.25, 0.3) is 0 Å². The second-order valence-corrected chi connectivity index (χ2v) is 5.67. The van der Waals surface area contributed by atoms with Crippen LogP contribution in [-0.4, -0.2) is 53.2 Å². The van der Waals surface area contributed by atoms with Crippen molar-refractivity contribution >= 4 is 11.7 Å². The summed E-state index contributed by atoms with van der Waals surface area (Å²) in [7, 11) is 0. The molecule has 2 saturated heterocycles. The number of anilines is 1. The molecule has 1 atom stereocenters. The number of piperidine rings is 1. The van der Waals surface area contributed by atoms with Crippen molar-refractivity contribution in [1.29, 1.82) is 5.41 Å². The maximum absolute atomic E-state index is 7.66. The predicted octanol–water partition coefficient (Wildman–Crippen LogP) is 0.825. The lowest BCUT2D eigenvalue weighted by molar-refractivity contribution is 0.174. The molecule has 6 heteroatoms. The van der Waals surface area contributed by atoms with Crippen molar-refractivity contribution in [1.82, 2.24) is 15.1 Å². The normalized spacial score (nSPS) is 24.0. The minimum Gasteiger partial charge on any atom is -0.384 e. The highest BCUT2D eigenvalue weighted by Gasteiger charge is 2.30. The maximum Gasteiger partial charge on any atom is 0.162 e. The topological polar surface area (TPSA) is 82.1 Å². The van der Waals surface area contributed by atoms with Crippen molar-refractivity contribution in [2.24, 2.45) is 5.73 Å². The maximum atomic E-state index is 7.66. The van der Waals surface area contributed by atoms with Gasteiger partial charge in [-0.2, -0.15) is 5.10 Å². The first-order valence-electron chi connectivity index (χ1n) is 7.41. The molecule has 0 aromatic carbocycles. The molecule has 3 rings (SSSR count). The van der Waals surface area contributed by atoms with Gasteiger partial charge in [0.1, 0.15) is 5.84 Å². The van der Waals surface area contributed by atoms with Gasteiger partial charge in [0.15, 0.2) is 5.82 Å². The van der Waals surface area contributed by atoms with Gasteiger partial charge in [-0.1, -0.05) is 6.42 Å². The van der Waals surface area contributed by atoms with Gasteiger partial charge in [-0.3, -0.25) is 10.3 Å². The summed E-state index contributed by atoms with van der Waals surface area (Å²) in [6.07, 6.45) is 6.76. The highest BCUT2D eigenvalue weighted by atomic mass is 15.3. The average Bonchev–Trinajstić information content (AvgIpc) is 2.98. The van der Waals surface area contributed by atoms with Crippen molar-refractivity contribution in [3.8, 4) is 0 Å². The lowest BCUT2D eigenvalue weighted by Gasteiger charge is -2.32. The van der Waals surface area contributed by atoms with Gasteiger partial charge < -0.3 is 10.6 Å². The first kappa shape index (κ1) is 13.3. The summed E-state index contributed by atoms with van der Waals surface area (Å²) >= 11 is 0. The van der Waals surface area contributed by atoms with Crippen LogP contribution in [0, 0.1) is 5.41 Å². The van der Waals surface area contributed by atoms with E-state index in [1.807, 2.05) is 0 Å². The Labute approximate surface area is 119 Å². The van der Waals surface area contributed by atoms with Crippen LogP contribution in [0.2, 0.25) is 0 Å². The van der Waals surface area contributed by atoms with E-state index < -0.39 is 0 Å². The van der Waals surface area contributed by atoms with Crippen LogP contribution in [0.4, 0.5) is 5.82 Å². The van der Waals surface area contributed by atoms with Gasteiger partial charge in [-0.05, 0) is 38.4 Å². The van der Waals surface area contributed by atoms with E-state index in [1.165, 1.54) is 32.4 Å². The molecule has 0 radical (unpaired) electrons. The van der Waals surface area contributed by atoms with Crippen molar-refractivity contribution in [3.63, 3.8) is 0 Å². The van der Waals surface area contributed by atoms with E-state index in [0.717, 1.165) is 25.3 Å². The third-order valence-corrected chi connectivity index (χ3v) is 4.36. The minimum absolute atomic E-state index is 0.0660. The number of rotatable bonds is 3. The summed E-state index contributed by atoms with van der Waals surface area (Å²) in [5.41, 5.74) is 6.33. The van der Waals surface area contributed by atoms with E-state index in [9.17, 15) is 0 Å². The number of nitrogens with zero attached hydrogens (tertiary/aromatic N) is 4. The summed E-state index contributed by atoms with van der Waals surface area (Å²) < 4.78 is 0. The molecule has 6 nitrogen and oxygen atoms in total. The van der Waals surface area contributed by atoms with Gasteiger partial charge >= 0.3 is 0 Å². The van der Waals surface area contributed by atoms with Gasteiger partial charge in [-0.25, -0.2) is 0 Å². The molecule has 0 aliphatic carbocycles. The number of amidine groups is 1. The number of nitrogens with two attached hydrogens (primary N) is 1. The molecule has 2 aliphatic heterocycles. The third kappa shape index (κ3) is 2.60. The number of nitrogens with one attached hydrogen (secondary N) is 1. The fraction of sp³-hybridized carbons (Fsp3) is 0.643. The number of hydrogen-bond donors (Lipinski definition) is 2. The molecule has 3 N–H and O–H groups in total. The Bertz CT molecular complexity index is 482. The highest BCUT2D eigenvalue weighted by molar-refractivity contribution is 5.99. The van der Waals surface area contributed by atoms with E-state index >= 15 is 0 Å². The molecule has 108 valence electrons. The number of aromatic nitrogens is 2. The third-order valence-electron chi connectivity index (χ3n) is 4.36. The van der Waals surface area contributed by atoms with E-state index in [0.29, 0.717) is 11.6 Å². The zero-order valence-corrected chi connectivity index (χ0v) is 11.8. The smallest absolute Gasteiger partial charge is 0.162 e. The Hall–Kier alpha value is -1.69. The number of hydrogen-bond acceptors (Lipinski definition) is 5. The van der Waals surface area contributed by atoms with Gasteiger partial charge in [0.2, 0.25) is 0 Å². The molecule has 0 spiro atoms. The molecule has 0 bridgehead atoms. The van der Waals surface area contributed by atoms with Crippen LogP contribution in [-0.2, 0) is 0 Å². The van der Waals surface area contributed by atoms with Gasteiger partial charge in [0.25, 0.3) is 0 Å². The molecule has 1 aromatic rings. The lowest BCUT2D eigenvalue weighted by atomic mass is 10.1. The molecule has 0 amide bonds. The van der Waals surface area contributed by atoms with Crippen LogP contribution in [0.3, 0.4) is 0 Å². The molecule has 20 heavy (non-hydrogen) atoms. The second-order valence-electron chi connectivity index (χ2n) is 5.67. The standard InChI is InChI=1S/C14H22N6/c15-13(16)12-4-6-17-18-14(12)20-9-5-11(10-20)19-7-2-1-3-8-19/h4,6,11H,1-3,5,7-10H2,(H3,15,16). The van der Waals surface area contributed by atoms with E-state index in [2.05, 4.69) is 20.0 Å². The highest BCUT2D eigenvalue weighted by Crippen LogP contribution is 2.25. The molecule has 2 aliphatic rings. The largest absolute Gasteiger partial charge is 0.384 e. The van der Waals surface area contributed by atoms with Crippen LogP contribution >= 0.6 is 0 Å². The Morgan fingerprint density at radius 2 is 2.05 bits per heavy atom. The predicted molar refractivity (Wildman–Crippen MR) is 79.1 cm³/mol. The van der Waals surface area contributed by atoms with E-state index in [1.54, 1.807) is 12.3 Å². The first-order chi connectivity index (χ1) is 9.75. The SMILES string of the molecule is N=C(N)c1ccnnc1N1CCC(N2CCCCC2)C1. The first-order valence-corrected chi connectivity index (χ1v) is 7.41. The molecule has 2 fully saturated rings. The van der Waals surface area contributed by atoms with Crippen molar-refractivity contribution < 1.29 is 0 Å². The van der Waals surface area contributed by atoms with E-state index in [4.69, 9.17) is 11.1 Å². The fourth-order valence-corrected chi connectivity index (χ4v) is 3.28. The fourth-order valence-electron chi connectivity index (χ4n) is 3.28.